The Morgan fingerprint density at radius 2 is 2.00 bits per heavy atom. The van der Waals surface area contributed by atoms with Crippen LogP contribution >= 0.6 is 38.9 Å². The molecule has 0 saturated heterocycles. The van der Waals surface area contributed by atoms with Crippen LogP contribution in [0.4, 0.5) is 5.13 Å². The van der Waals surface area contributed by atoms with E-state index in [0.29, 0.717) is 15.8 Å². The highest BCUT2D eigenvalue weighted by atomic mass is 79.9. The number of nitrogens with zero attached hydrogens (tertiary/aromatic N) is 4. The number of aryl methyl sites for hydroxylation is 1. The lowest BCUT2D eigenvalue weighted by Crippen LogP contribution is -2.14. The van der Waals surface area contributed by atoms with Crippen LogP contribution in [0.3, 0.4) is 0 Å². The average Bonchev–Trinajstić information content (AvgIpc) is 3.24. The number of rotatable bonds is 5. The molecule has 4 aromatic rings. The first kappa shape index (κ1) is 20.7. The van der Waals surface area contributed by atoms with Gasteiger partial charge in [-0.05, 0) is 49.7 Å². The summed E-state index contributed by atoms with van der Waals surface area (Å²) in [6.07, 6.45) is 0.753. The minimum absolute atomic E-state index is 0.247. The maximum atomic E-state index is 12.8. The zero-order valence-corrected chi connectivity index (χ0v) is 19.3. The maximum Gasteiger partial charge on any atom is 0.279 e. The molecule has 0 spiro atoms. The van der Waals surface area contributed by atoms with Crippen LogP contribution in [0.1, 0.15) is 32.3 Å². The van der Waals surface area contributed by atoms with Crippen molar-refractivity contribution in [2.45, 2.75) is 20.3 Å². The van der Waals surface area contributed by atoms with Gasteiger partial charge in [0.15, 0.2) is 10.8 Å². The van der Waals surface area contributed by atoms with Crippen molar-refractivity contribution >= 4 is 49.9 Å². The van der Waals surface area contributed by atoms with Crippen LogP contribution in [-0.4, -0.2) is 25.9 Å². The summed E-state index contributed by atoms with van der Waals surface area (Å²) in [4.78, 5) is 18.4. The van der Waals surface area contributed by atoms with Crippen LogP contribution in [0, 0.1) is 13.8 Å². The van der Waals surface area contributed by atoms with Crippen LogP contribution < -0.4 is 5.32 Å². The molecule has 1 amide bonds. The fourth-order valence-electron chi connectivity index (χ4n) is 3.03. The van der Waals surface area contributed by atoms with Gasteiger partial charge >= 0.3 is 0 Å². The number of nitrogens with one attached hydrogen (secondary N) is 1. The van der Waals surface area contributed by atoms with E-state index in [2.05, 4.69) is 48.7 Å². The molecule has 0 aliphatic carbocycles. The van der Waals surface area contributed by atoms with Gasteiger partial charge in [0.25, 0.3) is 5.91 Å². The molecule has 2 aromatic carbocycles. The van der Waals surface area contributed by atoms with E-state index in [4.69, 9.17) is 11.6 Å². The smallest absolute Gasteiger partial charge is 0.279 e. The third-order valence-corrected chi connectivity index (χ3v) is 6.33. The van der Waals surface area contributed by atoms with Gasteiger partial charge < -0.3 is 0 Å². The number of aromatic nitrogens is 4. The first-order valence-corrected chi connectivity index (χ1v) is 11.1. The fraction of sp³-hybridized carbons (Fsp3) is 0.143. The lowest BCUT2D eigenvalue weighted by atomic mass is 10.1. The molecule has 6 nitrogen and oxygen atoms in total. The molecule has 30 heavy (non-hydrogen) atoms. The Balaban J connectivity index is 1.52. The SMILES string of the molecule is Cc1nc(NC(=O)c2nnn(-c3cccc(Cl)c3)c2C)sc1Cc1cccc(Br)c1. The third-order valence-electron chi connectivity index (χ3n) is 4.53. The molecule has 1 N–H and O–H groups in total. The van der Waals surface area contributed by atoms with Crippen molar-refractivity contribution < 1.29 is 4.79 Å². The van der Waals surface area contributed by atoms with E-state index in [1.54, 1.807) is 23.7 Å². The molecule has 9 heteroatoms. The van der Waals surface area contributed by atoms with Gasteiger partial charge in [-0.25, -0.2) is 9.67 Å². The lowest BCUT2D eigenvalue weighted by molar-refractivity contribution is 0.102. The van der Waals surface area contributed by atoms with Crippen LogP contribution in [0.15, 0.2) is 53.0 Å². The van der Waals surface area contributed by atoms with Gasteiger partial charge in [-0.15, -0.1) is 16.4 Å². The topological polar surface area (TPSA) is 72.7 Å². The van der Waals surface area contributed by atoms with Gasteiger partial charge in [0.05, 0.1) is 17.1 Å². The molecule has 0 atom stereocenters. The Morgan fingerprint density at radius 3 is 2.77 bits per heavy atom. The summed E-state index contributed by atoms with van der Waals surface area (Å²) in [7, 11) is 0. The van der Waals surface area contributed by atoms with Crippen molar-refractivity contribution in [3.63, 3.8) is 0 Å². The number of thiazole rings is 1. The second-order valence-electron chi connectivity index (χ2n) is 6.70. The zero-order valence-electron chi connectivity index (χ0n) is 16.2. The minimum atomic E-state index is -0.344. The number of anilines is 1. The average molecular weight is 503 g/mol. The third kappa shape index (κ3) is 4.45. The van der Waals surface area contributed by atoms with Crippen molar-refractivity contribution in [1.29, 1.82) is 0 Å². The molecule has 0 aliphatic rings. The minimum Gasteiger partial charge on any atom is -0.296 e. The van der Waals surface area contributed by atoms with Crippen molar-refractivity contribution in [2.75, 3.05) is 5.32 Å². The van der Waals surface area contributed by atoms with Crippen LogP contribution in [0.5, 0.6) is 0 Å². The summed E-state index contributed by atoms with van der Waals surface area (Å²) >= 11 is 11.0. The Bertz CT molecular complexity index is 1240. The Morgan fingerprint density at radius 1 is 1.20 bits per heavy atom. The van der Waals surface area contributed by atoms with Gasteiger partial charge in [-0.2, -0.15) is 0 Å². The quantitative estimate of drug-likeness (QED) is 0.385. The molecular weight excluding hydrogens is 486 g/mol. The van der Waals surface area contributed by atoms with E-state index in [1.165, 1.54) is 16.9 Å². The number of hydrogen-bond donors (Lipinski definition) is 1. The summed E-state index contributed by atoms with van der Waals surface area (Å²) in [6.45, 7) is 3.74. The molecule has 0 aliphatic heterocycles. The van der Waals surface area contributed by atoms with Crippen molar-refractivity contribution in [3.05, 3.63) is 85.5 Å². The second-order valence-corrected chi connectivity index (χ2v) is 9.14. The first-order valence-electron chi connectivity index (χ1n) is 9.11. The molecule has 2 aromatic heterocycles. The van der Waals surface area contributed by atoms with Crippen molar-refractivity contribution in [3.8, 4) is 5.69 Å². The highest BCUT2D eigenvalue weighted by Crippen LogP contribution is 2.27. The normalized spacial score (nSPS) is 10.9. The molecule has 0 radical (unpaired) electrons. The largest absolute Gasteiger partial charge is 0.296 e. The van der Waals surface area contributed by atoms with Gasteiger partial charge in [0, 0.05) is 20.8 Å². The standard InChI is InChI=1S/C21H17BrClN5OS/c1-12-18(10-14-5-3-6-15(22)9-14)30-21(24-12)25-20(29)19-13(2)28(27-26-19)17-8-4-7-16(23)11-17/h3-9,11H,10H2,1-2H3,(H,24,25,29). The highest BCUT2D eigenvalue weighted by molar-refractivity contribution is 9.10. The van der Waals surface area contributed by atoms with Crippen molar-refractivity contribution in [1.82, 2.24) is 20.0 Å². The van der Waals surface area contributed by atoms with E-state index in [9.17, 15) is 4.79 Å². The Hall–Kier alpha value is -2.55. The highest BCUT2D eigenvalue weighted by Gasteiger charge is 2.19. The maximum absolute atomic E-state index is 12.8. The molecule has 0 fully saturated rings. The summed E-state index contributed by atoms with van der Waals surface area (Å²) in [5.41, 5.74) is 3.69. The van der Waals surface area contributed by atoms with E-state index in [1.807, 2.05) is 31.2 Å². The predicted octanol–water partition coefficient (Wildman–Crippen LogP) is 5.60. The summed E-state index contributed by atoms with van der Waals surface area (Å²) in [5.74, 6) is -0.344. The molecule has 152 valence electrons. The molecule has 2 heterocycles. The van der Waals surface area contributed by atoms with Gasteiger partial charge in [-0.1, -0.05) is 50.9 Å². The molecular formula is C21H17BrClN5OS. The number of carbonyl (C=O) groups is 1. The van der Waals surface area contributed by atoms with Gasteiger partial charge in [-0.3, -0.25) is 10.1 Å². The molecule has 0 saturated carbocycles. The lowest BCUT2D eigenvalue weighted by Gasteiger charge is -2.04. The molecule has 0 unspecified atom stereocenters. The fourth-order valence-corrected chi connectivity index (χ4v) is 4.65. The Kier molecular flexibility index (Phi) is 5.99. The second kappa shape index (κ2) is 8.67. The van der Waals surface area contributed by atoms with E-state index < -0.39 is 0 Å². The first-order chi connectivity index (χ1) is 14.4. The van der Waals surface area contributed by atoms with Gasteiger partial charge in [0.1, 0.15) is 0 Å². The number of benzene rings is 2. The predicted molar refractivity (Wildman–Crippen MR) is 123 cm³/mol. The zero-order chi connectivity index (χ0) is 21.3. The van der Waals surface area contributed by atoms with E-state index in [-0.39, 0.29) is 11.6 Å². The Labute approximate surface area is 191 Å². The monoisotopic (exact) mass is 501 g/mol. The number of carbonyl (C=O) groups excluding carboxylic acids is 1. The van der Waals surface area contributed by atoms with Crippen molar-refractivity contribution in [2.24, 2.45) is 0 Å². The van der Waals surface area contributed by atoms with Crippen LogP contribution in [0.25, 0.3) is 5.69 Å². The van der Waals surface area contributed by atoms with Gasteiger partial charge in [0.2, 0.25) is 0 Å². The number of halogens is 2. The molecule has 0 bridgehead atoms. The van der Waals surface area contributed by atoms with Crippen LogP contribution in [0.2, 0.25) is 5.02 Å². The number of amides is 1. The van der Waals surface area contributed by atoms with E-state index >= 15 is 0 Å². The van der Waals surface area contributed by atoms with E-state index in [0.717, 1.165) is 27.2 Å². The summed E-state index contributed by atoms with van der Waals surface area (Å²) in [5, 5.41) is 12.1. The molecule has 4 rings (SSSR count). The number of hydrogen-bond acceptors (Lipinski definition) is 5. The van der Waals surface area contributed by atoms with Crippen LogP contribution in [-0.2, 0) is 6.42 Å². The summed E-state index contributed by atoms with van der Waals surface area (Å²) < 4.78 is 2.63. The summed E-state index contributed by atoms with van der Waals surface area (Å²) in [6, 6.07) is 15.4.